The van der Waals surface area contributed by atoms with Crippen molar-refractivity contribution in [2.24, 2.45) is 11.7 Å². The molecule has 3 heterocycles. The third-order valence-corrected chi connectivity index (χ3v) is 5.72. The smallest absolute Gasteiger partial charge is 0.242 e. The van der Waals surface area contributed by atoms with Crippen molar-refractivity contribution in [1.29, 1.82) is 0 Å². The van der Waals surface area contributed by atoms with Crippen LogP contribution in [0.25, 0.3) is 0 Å². The van der Waals surface area contributed by atoms with E-state index in [0.717, 1.165) is 45.6 Å². The Morgan fingerprint density at radius 2 is 1.62 bits per heavy atom. The summed E-state index contributed by atoms with van der Waals surface area (Å²) in [6.07, 6.45) is 4.10. The third-order valence-electron chi connectivity index (χ3n) is 5.72. The van der Waals surface area contributed by atoms with E-state index in [1.165, 1.54) is 0 Å². The van der Waals surface area contributed by atoms with E-state index in [1.54, 1.807) is 0 Å². The number of piperidine rings is 1. The first-order valence-corrected chi connectivity index (χ1v) is 9.50. The third kappa shape index (κ3) is 5.94. The molecular weight excluding hydrogens is 377 g/mol. The van der Waals surface area contributed by atoms with E-state index in [2.05, 4.69) is 18.7 Å². The van der Waals surface area contributed by atoms with Crippen molar-refractivity contribution in [1.82, 2.24) is 9.80 Å². The van der Waals surface area contributed by atoms with E-state index in [-0.39, 0.29) is 30.7 Å². The lowest BCUT2D eigenvalue weighted by atomic mass is 9.87. The van der Waals surface area contributed by atoms with Crippen molar-refractivity contribution in [3.05, 3.63) is 0 Å². The maximum absolute atomic E-state index is 12.8. The molecule has 3 rings (SSSR count). The summed E-state index contributed by atoms with van der Waals surface area (Å²) in [5, 5.41) is 0. The molecule has 0 aromatic heterocycles. The monoisotopic (exact) mass is 411 g/mol. The Bertz CT molecular complexity index is 431. The summed E-state index contributed by atoms with van der Waals surface area (Å²) >= 11 is 0. The Labute approximate surface area is 169 Å². The second kappa shape index (κ2) is 10.4. The number of carbonyl (C=O) groups is 1. The fraction of sp³-hybridized carbons (Fsp3) is 0.944. The predicted octanol–water partition coefficient (Wildman–Crippen LogP) is 1.69. The molecule has 3 aliphatic heterocycles. The molecule has 0 radical (unpaired) electrons. The Balaban J connectivity index is 0.00000169. The highest BCUT2D eigenvalue weighted by molar-refractivity contribution is 5.86. The van der Waals surface area contributed by atoms with Gasteiger partial charge in [0.1, 0.15) is 0 Å². The molecule has 0 bridgehead atoms. The van der Waals surface area contributed by atoms with E-state index in [0.29, 0.717) is 44.2 Å². The van der Waals surface area contributed by atoms with Crippen molar-refractivity contribution < 1.29 is 14.3 Å². The molecule has 1 amide bonds. The summed E-state index contributed by atoms with van der Waals surface area (Å²) in [5.74, 6) is 0.813. The normalized spacial score (nSPS) is 30.2. The van der Waals surface area contributed by atoms with Crippen LogP contribution in [0.1, 0.15) is 39.5 Å². The molecule has 0 aliphatic carbocycles. The van der Waals surface area contributed by atoms with Crippen LogP contribution in [0.5, 0.6) is 0 Å². The average Bonchev–Trinajstić information content (AvgIpc) is 2.55. The van der Waals surface area contributed by atoms with E-state index in [9.17, 15) is 4.79 Å². The van der Waals surface area contributed by atoms with Crippen LogP contribution in [-0.2, 0) is 14.3 Å². The summed E-state index contributed by atoms with van der Waals surface area (Å²) in [5.41, 5.74) is 5.66. The van der Waals surface area contributed by atoms with Gasteiger partial charge in [-0.1, -0.05) is 0 Å². The Morgan fingerprint density at radius 3 is 2.15 bits per heavy atom. The van der Waals surface area contributed by atoms with Gasteiger partial charge < -0.3 is 20.1 Å². The molecule has 154 valence electrons. The van der Waals surface area contributed by atoms with Crippen LogP contribution in [0.2, 0.25) is 0 Å². The van der Waals surface area contributed by atoms with Crippen LogP contribution in [0.15, 0.2) is 0 Å². The fourth-order valence-corrected chi connectivity index (χ4v) is 4.38. The number of carbonyl (C=O) groups excluding carboxylic acids is 1. The van der Waals surface area contributed by atoms with Crippen molar-refractivity contribution in [3.63, 3.8) is 0 Å². The van der Waals surface area contributed by atoms with Crippen LogP contribution in [0.4, 0.5) is 0 Å². The lowest BCUT2D eigenvalue weighted by Crippen LogP contribution is -2.59. The lowest BCUT2D eigenvalue weighted by molar-refractivity contribution is -0.142. The van der Waals surface area contributed by atoms with Crippen molar-refractivity contribution >= 4 is 30.7 Å². The zero-order chi connectivity index (χ0) is 17.2. The van der Waals surface area contributed by atoms with Crippen LogP contribution in [-0.4, -0.2) is 79.4 Å². The van der Waals surface area contributed by atoms with Gasteiger partial charge in [0, 0.05) is 45.9 Å². The van der Waals surface area contributed by atoms with Gasteiger partial charge in [-0.25, -0.2) is 0 Å². The Kier molecular flexibility index (Phi) is 9.61. The van der Waals surface area contributed by atoms with Gasteiger partial charge in [0.25, 0.3) is 0 Å². The number of hydrogen-bond acceptors (Lipinski definition) is 5. The first-order valence-electron chi connectivity index (χ1n) is 9.50. The summed E-state index contributed by atoms with van der Waals surface area (Å²) in [6, 6.07) is 0. The SMILES string of the molecule is CC1CN(CC2CCN(C(=O)C3(N)CCOCC3)CC2)CC(C)O1.Cl.Cl. The van der Waals surface area contributed by atoms with Crippen LogP contribution < -0.4 is 5.73 Å². The average molecular weight is 412 g/mol. The van der Waals surface area contributed by atoms with Crippen LogP contribution in [0.3, 0.4) is 0 Å². The second-order valence-electron chi connectivity index (χ2n) is 7.98. The minimum absolute atomic E-state index is 0. The number of ether oxygens (including phenoxy) is 2. The standard InChI is InChI=1S/C18H33N3O3.2ClH/c1-14-11-20(12-15(2)24-14)13-16-3-7-21(8-4-16)17(22)18(19)5-9-23-10-6-18;;/h14-16H,3-13,19H2,1-2H3;2*1H. The molecule has 2 unspecified atom stereocenters. The highest BCUT2D eigenvalue weighted by Crippen LogP contribution is 2.25. The molecule has 0 saturated carbocycles. The molecule has 3 fully saturated rings. The molecule has 26 heavy (non-hydrogen) atoms. The maximum Gasteiger partial charge on any atom is 0.242 e. The predicted molar refractivity (Wildman–Crippen MR) is 107 cm³/mol. The van der Waals surface area contributed by atoms with Crippen LogP contribution >= 0.6 is 24.8 Å². The van der Waals surface area contributed by atoms with Gasteiger partial charge in [-0.05, 0) is 45.4 Å². The number of halogens is 2. The number of hydrogen-bond donors (Lipinski definition) is 1. The van der Waals surface area contributed by atoms with Gasteiger partial charge in [-0.15, -0.1) is 24.8 Å². The van der Waals surface area contributed by atoms with Crippen molar-refractivity contribution in [2.75, 3.05) is 45.9 Å². The Morgan fingerprint density at radius 1 is 1.08 bits per heavy atom. The topological polar surface area (TPSA) is 68.0 Å². The zero-order valence-electron chi connectivity index (χ0n) is 16.0. The van der Waals surface area contributed by atoms with E-state index < -0.39 is 5.54 Å². The lowest BCUT2D eigenvalue weighted by Gasteiger charge is -2.42. The molecule has 0 aromatic rings. The van der Waals surface area contributed by atoms with E-state index >= 15 is 0 Å². The number of rotatable bonds is 3. The molecule has 0 aromatic carbocycles. The first-order chi connectivity index (χ1) is 11.5. The molecular formula is C18H35Cl2N3O3. The minimum Gasteiger partial charge on any atom is -0.381 e. The summed E-state index contributed by atoms with van der Waals surface area (Å²) < 4.78 is 11.2. The highest BCUT2D eigenvalue weighted by atomic mass is 35.5. The first kappa shape index (κ1) is 23.9. The molecule has 3 aliphatic rings. The summed E-state index contributed by atoms with van der Waals surface area (Å²) in [7, 11) is 0. The summed E-state index contributed by atoms with van der Waals surface area (Å²) in [4.78, 5) is 17.3. The van der Waals surface area contributed by atoms with Gasteiger partial charge in [0.2, 0.25) is 5.91 Å². The van der Waals surface area contributed by atoms with Gasteiger partial charge in [0.15, 0.2) is 0 Å². The molecule has 2 atom stereocenters. The maximum atomic E-state index is 12.8. The Hall–Kier alpha value is -0.110. The fourth-order valence-electron chi connectivity index (χ4n) is 4.38. The van der Waals surface area contributed by atoms with Crippen LogP contribution in [0, 0.1) is 5.92 Å². The quantitative estimate of drug-likeness (QED) is 0.764. The van der Waals surface area contributed by atoms with Gasteiger partial charge in [0.05, 0.1) is 17.7 Å². The second-order valence-corrected chi connectivity index (χ2v) is 7.98. The van der Waals surface area contributed by atoms with Gasteiger partial charge in [-0.2, -0.15) is 0 Å². The number of likely N-dealkylation sites (tertiary alicyclic amines) is 1. The summed E-state index contributed by atoms with van der Waals surface area (Å²) in [6.45, 7) is 10.4. The molecule has 2 N–H and O–H groups in total. The number of nitrogens with zero attached hydrogens (tertiary/aromatic N) is 2. The highest BCUT2D eigenvalue weighted by Gasteiger charge is 2.40. The molecule has 6 nitrogen and oxygen atoms in total. The minimum atomic E-state index is -0.694. The number of amides is 1. The molecule has 0 spiro atoms. The largest absolute Gasteiger partial charge is 0.381 e. The molecule has 3 saturated heterocycles. The van der Waals surface area contributed by atoms with Gasteiger partial charge >= 0.3 is 0 Å². The van der Waals surface area contributed by atoms with E-state index in [1.807, 2.05) is 4.90 Å². The van der Waals surface area contributed by atoms with Crippen molar-refractivity contribution in [3.8, 4) is 0 Å². The van der Waals surface area contributed by atoms with E-state index in [4.69, 9.17) is 15.2 Å². The number of nitrogens with two attached hydrogens (primary N) is 1. The van der Waals surface area contributed by atoms with Gasteiger partial charge in [-0.3, -0.25) is 9.69 Å². The number of morpholine rings is 1. The zero-order valence-corrected chi connectivity index (χ0v) is 17.7. The van der Waals surface area contributed by atoms with Crippen molar-refractivity contribution in [2.45, 2.75) is 57.3 Å². The molecule has 8 heteroatoms.